The van der Waals surface area contributed by atoms with Crippen molar-refractivity contribution in [1.29, 1.82) is 0 Å². The third-order valence-corrected chi connectivity index (χ3v) is 8.88. The lowest BCUT2D eigenvalue weighted by molar-refractivity contribution is 0.409. The lowest BCUT2D eigenvalue weighted by Crippen LogP contribution is -2.33. The third kappa shape index (κ3) is 5.04. The Morgan fingerprint density at radius 1 is 0.567 bits per heavy atom. The normalized spacial score (nSPS) is 12.9. The van der Waals surface area contributed by atoms with Gasteiger partial charge in [-0.15, -0.1) is 0 Å². The fourth-order valence-corrected chi connectivity index (χ4v) is 7.34. The molecule has 30 heavy (non-hydrogen) atoms. The minimum absolute atomic E-state index is 0.163. The Morgan fingerprint density at radius 2 is 0.867 bits per heavy atom. The number of fused-ring (bicyclic) bond motifs is 1. The molecule has 0 radical (unpaired) electrons. The molecule has 0 unspecified atom stereocenters. The molecule has 0 aliphatic rings. The van der Waals surface area contributed by atoms with Crippen molar-refractivity contribution in [3.8, 4) is 0 Å². The molecule has 0 spiro atoms. The lowest BCUT2D eigenvalue weighted by atomic mass is 10.1. The fourth-order valence-electron chi connectivity index (χ4n) is 3.68. The minimum atomic E-state index is -3.73. The number of nitrogens with zero attached hydrogens (tertiary/aromatic N) is 2. The molecule has 0 saturated heterocycles. The predicted octanol–water partition coefficient (Wildman–Crippen LogP) is 4.46. The quantitative estimate of drug-likeness (QED) is 0.474. The molecule has 0 fully saturated rings. The molecule has 6 nitrogen and oxygen atoms in total. The lowest BCUT2D eigenvalue weighted by Gasteiger charge is -2.24. The molecule has 0 saturated carbocycles. The number of sulfonamides is 2. The Labute approximate surface area is 182 Å². The zero-order chi connectivity index (χ0) is 22.4. The fraction of sp³-hybridized carbons (Fsp3) is 0.545. The highest BCUT2D eigenvalue weighted by Gasteiger charge is 2.29. The highest BCUT2D eigenvalue weighted by molar-refractivity contribution is 7.89. The molecule has 0 bridgehead atoms. The third-order valence-electron chi connectivity index (χ3n) is 4.97. The molecule has 168 valence electrons. The van der Waals surface area contributed by atoms with Crippen molar-refractivity contribution in [2.45, 2.75) is 63.2 Å². The molecule has 0 heterocycles. The topological polar surface area (TPSA) is 74.8 Å². The first-order valence-electron chi connectivity index (χ1n) is 10.8. The number of rotatable bonds is 12. The van der Waals surface area contributed by atoms with Crippen molar-refractivity contribution in [3.05, 3.63) is 36.4 Å². The second kappa shape index (κ2) is 10.7. The molecule has 2 rings (SSSR count). The summed E-state index contributed by atoms with van der Waals surface area (Å²) in [6, 6.07) is 9.80. The molecular weight excluding hydrogens is 420 g/mol. The van der Waals surface area contributed by atoms with Crippen molar-refractivity contribution in [2.75, 3.05) is 26.2 Å². The Kier molecular flexibility index (Phi) is 8.85. The molecule has 0 atom stereocenters. The van der Waals surface area contributed by atoms with Crippen molar-refractivity contribution >= 4 is 30.8 Å². The van der Waals surface area contributed by atoms with Gasteiger partial charge in [-0.3, -0.25) is 0 Å². The highest BCUT2D eigenvalue weighted by Crippen LogP contribution is 2.31. The van der Waals surface area contributed by atoms with Crippen LogP contribution in [-0.2, 0) is 20.0 Å². The van der Waals surface area contributed by atoms with Gasteiger partial charge in [0.25, 0.3) is 0 Å². The van der Waals surface area contributed by atoms with Crippen LogP contribution in [0, 0.1) is 0 Å². The summed E-state index contributed by atoms with van der Waals surface area (Å²) in [5.74, 6) is 0. The second-order valence-electron chi connectivity index (χ2n) is 7.42. The van der Waals surface area contributed by atoms with Gasteiger partial charge in [0, 0.05) is 37.0 Å². The maximum atomic E-state index is 13.4. The zero-order valence-electron chi connectivity index (χ0n) is 18.5. The Bertz CT molecular complexity index is 953. The van der Waals surface area contributed by atoms with E-state index in [0.717, 1.165) is 0 Å². The second-order valence-corrected chi connectivity index (χ2v) is 11.2. The van der Waals surface area contributed by atoms with Gasteiger partial charge >= 0.3 is 0 Å². The van der Waals surface area contributed by atoms with Gasteiger partial charge in [0.15, 0.2) is 0 Å². The van der Waals surface area contributed by atoms with Crippen LogP contribution >= 0.6 is 0 Å². The maximum Gasteiger partial charge on any atom is 0.243 e. The van der Waals surface area contributed by atoms with E-state index in [1.807, 2.05) is 27.7 Å². The van der Waals surface area contributed by atoms with E-state index in [0.29, 0.717) is 62.6 Å². The van der Waals surface area contributed by atoms with E-state index in [9.17, 15) is 16.8 Å². The first-order valence-corrected chi connectivity index (χ1v) is 13.7. The van der Waals surface area contributed by atoms with Gasteiger partial charge in [0.1, 0.15) is 0 Å². The molecule has 2 aromatic rings. The van der Waals surface area contributed by atoms with Gasteiger partial charge in [0.05, 0.1) is 9.79 Å². The predicted molar refractivity (Wildman–Crippen MR) is 123 cm³/mol. The Morgan fingerprint density at radius 3 is 1.13 bits per heavy atom. The van der Waals surface area contributed by atoms with Crippen LogP contribution in [0.1, 0.15) is 53.4 Å². The van der Waals surface area contributed by atoms with Crippen LogP contribution in [0.5, 0.6) is 0 Å². The summed E-state index contributed by atoms with van der Waals surface area (Å²) in [6.07, 6.45) is 2.86. The molecule has 0 aliphatic carbocycles. The van der Waals surface area contributed by atoms with Gasteiger partial charge < -0.3 is 0 Å². The van der Waals surface area contributed by atoms with Crippen molar-refractivity contribution in [2.24, 2.45) is 0 Å². The monoisotopic (exact) mass is 454 g/mol. The van der Waals surface area contributed by atoms with Crippen molar-refractivity contribution < 1.29 is 16.8 Å². The van der Waals surface area contributed by atoms with E-state index in [1.54, 1.807) is 36.4 Å². The molecule has 0 amide bonds. The zero-order valence-corrected chi connectivity index (χ0v) is 20.1. The number of hydrogen-bond donors (Lipinski definition) is 0. The SMILES string of the molecule is CCCN(CCC)S(=O)(=O)c1cccc2c(S(=O)(=O)N(CCC)CCC)cccc12. The minimum Gasteiger partial charge on any atom is -0.207 e. The van der Waals surface area contributed by atoms with Gasteiger partial charge in [-0.1, -0.05) is 52.0 Å². The van der Waals surface area contributed by atoms with Crippen LogP contribution in [0.2, 0.25) is 0 Å². The molecule has 0 N–H and O–H groups in total. The van der Waals surface area contributed by atoms with E-state index in [4.69, 9.17) is 0 Å². The van der Waals surface area contributed by atoms with Crippen LogP contribution in [0.25, 0.3) is 10.8 Å². The first-order chi connectivity index (χ1) is 14.2. The summed E-state index contributed by atoms with van der Waals surface area (Å²) in [4.78, 5) is 0.327. The highest BCUT2D eigenvalue weighted by atomic mass is 32.2. The van der Waals surface area contributed by atoms with Crippen LogP contribution in [0.3, 0.4) is 0 Å². The van der Waals surface area contributed by atoms with E-state index in [-0.39, 0.29) is 9.79 Å². The van der Waals surface area contributed by atoms with Gasteiger partial charge in [-0.25, -0.2) is 16.8 Å². The van der Waals surface area contributed by atoms with Crippen LogP contribution in [-0.4, -0.2) is 51.6 Å². The largest absolute Gasteiger partial charge is 0.243 e. The van der Waals surface area contributed by atoms with Crippen LogP contribution in [0.15, 0.2) is 46.2 Å². The number of hydrogen-bond acceptors (Lipinski definition) is 4. The first kappa shape index (κ1) is 24.8. The number of benzene rings is 2. The Hall–Kier alpha value is -1.48. The van der Waals surface area contributed by atoms with Crippen molar-refractivity contribution in [1.82, 2.24) is 8.61 Å². The Balaban J connectivity index is 2.70. The van der Waals surface area contributed by atoms with Gasteiger partial charge in [-0.2, -0.15) is 8.61 Å². The average Bonchev–Trinajstić information content (AvgIpc) is 2.72. The summed E-state index contributed by atoms with van der Waals surface area (Å²) in [7, 11) is -7.46. The van der Waals surface area contributed by atoms with Crippen LogP contribution < -0.4 is 0 Å². The van der Waals surface area contributed by atoms with E-state index in [2.05, 4.69) is 0 Å². The molecule has 2 aromatic carbocycles. The summed E-state index contributed by atoms with van der Waals surface area (Å²) >= 11 is 0. The van der Waals surface area contributed by atoms with Crippen molar-refractivity contribution in [3.63, 3.8) is 0 Å². The molecule has 0 aliphatic heterocycles. The molecule has 0 aromatic heterocycles. The smallest absolute Gasteiger partial charge is 0.207 e. The van der Waals surface area contributed by atoms with E-state index >= 15 is 0 Å². The molecular formula is C22H34N2O4S2. The van der Waals surface area contributed by atoms with Gasteiger partial charge in [0.2, 0.25) is 20.0 Å². The standard InChI is InChI=1S/C22H34N2O4S2/c1-5-15-23(16-6-2)29(25,26)21-13-9-12-20-19(21)11-10-14-22(20)30(27,28)24(17-7-3)18-8-4/h9-14H,5-8,15-18H2,1-4H3. The molecule has 8 heteroatoms. The van der Waals surface area contributed by atoms with E-state index in [1.165, 1.54) is 8.61 Å². The van der Waals surface area contributed by atoms with E-state index < -0.39 is 20.0 Å². The average molecular weight is 455 g/mol. The summed E-state index contributed by atoms with van der Waals surface area (Å²) in [5, 5.41) is 0.896. The van der Waals surface area contributed by atoms with Gasteiger partial charge in [-0.05, 0) is 37.8 Å². The van der Waals surface area contributed by atoms with Crippen LogP contribution in [0.4, 0.5) is 0 Å². The summed E-state index contributed by atoms with van der Waals surface area (Å²) in [6.45, 7) is 9.53. The maximum absolute atomic E-state index is 13.4. The summed E-state index contributed by atoms with van der Waals surface area (Å²) in [5.41, 5.74) is 0. The summed E-state index contributed by atoms with van der Waals surface area (Å²) < 4.78 is 56.5.